The minimum Gasteiger partial charge on any atom is -0.321 e. The van der Waals surface area contributed by atoms with Gasteiger partial charge in [0.15, 0.2) is 5.13 Å². The molecule has 0 spiro atoms. The van der Waals surface area contributed by atoms with E-state index in [1.165, 1.54) is 23.1 Å². The monoisotopic (exact) mass is 630 g/mol. The summed E-state index contributed by atoms with van der Waals surface area (Å²) in [5.41, 5.74) is 2.53. The zero-order chi connectivity index (χ0) is 29.3. The van der Waals surface area contributed by atoms with Crippen LogP contribution in [-0.4, -0.2) is 28.5 Å². The van der Waals surface area contributed by atoms with Gasteiger partial charge >= 0.3 is 0 Å². The van der Waals surface area contributed by atoms with Crippen molar-refractivity contribution in [2.24, 2.45) is 0 Å². The molecule has 2 aromatic heterocycles. The van der Waals surface area contributed by atoms with Crippen LogP contribution in [0.2, 0.25) is 5.02 Å². The number of benzene rings is 3. The second-order valence-electron chi connectivity index (χ2n) is 8.76. The molecule has 2 heterocycles. The summed E-state index contributed by atoms with van der Waals surface area (Å²) in [6.07, 6.45) is 1.58. The molecule has 0 bridgehead atoms. The highest BCUT2D eigenvalue weighted by Gasteiger charge is 2.16. The van der Waals surface area contributed by atoms with E-state index in [0.29, 0.717) is 27.0 Å². The molecule has 0 saturated heterocycles. The van der Waals surface area contributed by atoms with E-state index < -0.39 is 11.8 Å². The SMILES string of the molecule is O=C(CSc1cccc(NC(=O)/C(=C/c2ccc(Cl)cc2)NC(=O)c2ccccc2)c1)Nc1nc(-c2cccs2)cs1. The number of anilines is 2. The third-order valence-corrected chi connectivity index (χ3v) is 8.59. The maximum absolute atomic E-state index is 13.3. The number of thiazole rings is 1. The van der Waals surface area contributed by atoms with Gasteiger partial charge in [0, 0.05) is 26.5 Å². The Kier molecular flexibility index (Phi) is 9.83. The molecule has 5 rings (SSSR count). The van der Waals surface area contributed by atoms with E-state index in [1.54, 1.807) is 84.1 Å². The van der Waals surface area contributed by atoms with E-state index in [-0.39, 0.29) is 17.4 Å². The van der Waals surface area contributed by atoms with E-state index in [4.69, 9.17) is 11.6 Å². The first-order chi connectivity index (χ1) is 20.4. The van der Waals surface area contributed by atoms with Crippen LogP contribution in [-0.2, 0) is 9.59 Å². The van der Waals surface area contributed by atoms with Gasteiger partial charge in [-0.05, 0) is 65.6 Å². The zero-order valence-electron chi connectivity index (χ0n) is 21.9. The van der Waals surface area contributed by atoms with Gasteiger partial charge in [0.05, 0.1) is 16.3 Å². The van der Waals surface area contributed by atoms with Crippen molar-refractivity contribution in [3.63, 3.8) is 0 Å². The third-order valence-electron chi connectivity index (χ3n) is 5.70. The second-order valence-corrected chi connectivity index (χ2v) is 12.1. The van der Waals surface area contributed by atoms with Crippen LogP contribution in [0.4, 0.5) is 10.8 Å². The lowest BCUT2D eigenvalue weighted by Gasteiger charge is -2.12. The summed E-state index contributed by atoms with van der Waals surface area (Å²) in [7, 11) is 0. The fraction of sp³-hybridized carbons (Fsp3) is 0.0323. The number of nitrogens with zero attached hydrogens (tertiary/aromatic N) is 1. The molecule has 210 valence electrons. The van der Waals surface area contributed by atoms with Crippen molar-refractivity contribution in [3.05, 3.63) is 124 Å². The molecule has 7 nitrogen and oxygen atoms in total. The lowest BCUT2D eigenvalue weighted by Crippen LogP contribution is -2.30. The van der Waals surface area contributed by atoms with Crippen LogP contribution in [0.5, 0.6) is 0 Å². The number of carbonyl (C=O) groups is 3. The maximum Gasteiger partial charge on any atom is 0.272 e. The van der Waals surface area contributed by atoms with Crippen molar-refractivity contribution in [2.45, 2.75) is 4.90 Å². The number of nitrogens with one attached hydrogen (secondary N) is 3. The van der Waals surface area contributed by atoms with Crippen molar-refractivity contribution in [1.29, 1.82) is 0 Å². The molecule has 5 aromatic rings. The molecule has 0 aliphatic rings. The minimum atomic E-state index is -0.501. The molecule has 11 heteroatoms. The number of aromatic nitrogens is 1. The van der Waals surface area contributed by atoms with E-state index in [0.717, 1.165) is 15.5 Å². The lowest BCUT2D eigenvalue weighted by atomic mass is 10.1. The first-order valence-electron chi connectivity index (χ1n) is 12.6. The van der Waals surface area contributed by atoms with Crippen LogP contribution in [0, 0.1) is 0 Å². The summed E-state index contributed by atoms with van der Waals surface area (Å²) >= 11 is 10.3. The molecule has 0 saturated carbocycles. The summed E-state index contributed by atoms with van der Waals surface area (Å²) in [5.74, 6) is -0.929. The van der Waals surface area contributed by atoms with Crippen LogP contribution < -0.4 is 16.0 Å². The molecule has 0 radical (unpaired) electrons. The topological polar surface area (TPSA) is 100 Å². The minimum absolute atomic E-state index is 0.0639. The first kappa shape index (κ1) is 29.3. The predicted octanol–water partition coefficient (Wildman–Crippen LogP) is 7.67. The number of carbonyl (C=O) groups excluding carboxylic acids is 3. The third kappa shape index (κ3) is 8.17. The molecular weight excluding hydrogens is 608 g/mol. The number of thioether (sulfide) groups is 1. The van der Waals surface area contributed by atoms with Crippen molar-refractivity contribution in [2.75, 3.05) is 16.4 Å². The van der Waals surface area contributed by atoms with Crippen molar-refractivity contribution >= 4 is 80.7 Å². The summed E-state index contributed by atoms with van der Waals surface area (Å²) in [4.78, 5) is 45.1. The Bertz CT molecular complexity index is 1720. The Morgan fingerprint density at radius 3 is 2.45 bits per heavy atom. The highest BCUT2D eigenvalue weighted by atomic mass is 35.5. The number of halogens is 1. The van der Waals surface area contributed by atoms with Gasteiger partial charge < -0.3 is 16.0 Å². The first-order valence-corrected chi connectivity index (χ1v) is 15.7. The largest absolute Gasteiger partial charge is 0.321 e. The molecule has 42 heavy (non-hydrogen) atoms. The van der Waals surface area contributed by atoms with E-state index in [2.05, 4.69) is 20.9 Å². The highest BCUT2D eigenvalue weighted by molar-refractivity contribution is 8.00. The number of hydrogen-bond acceptors (Lipinski definition) is 7. The average Bonchev–Trinajstić information content (AvgIpc) is 3.70. The quantitative estimate of drug-likeness (QED) is 0.109. The smallest absolute Gasteiger partial charge is 0.272 e. The number of rotatable bonds is 10. The fourth-order valence-corrected chi connectivity index (χ4v) is 6.07. The lowest BCUT2D eigenvalue weighted by molar-refractivity contribution is -0.114. The summed E-state index contributed by atoms with van der Waals surface area (Å²) in [6.45, 7) is 0. The predicted molar refractivity (Wildman–Crippen MR) is 173 cm³/mol. The molecule has 3 amide bonds. The zero-order valence-corrected chi connectivity index (χ0v) is 25.1. The molecule has 0 atom stereocenters. The molecule has 0 unspecified atom stereocenters. The number of thiophene rings is 1. The average molecular weight is 631 g/mol. The Morgan fingerprint density at radius 2 is 1.69 bits per heavy atom. The Balaban J connectivity index is 1.23. The van der Waals surface area contributed by atoms with Crippen LogP contribution in [0.3, 0.4) is 0 Å². The van der Waals surface area contributed by atoms with Gasteiger partial charge in [-0.25, -0.2) is 4.98 Å². The van der Waals surface area contributed by atoms with Gasteiger partial charge in [-0.3, -0.25) is 14.4 Å². The Morgan fingerprint density at radius 1 is 0.881 bits per heavy atom. The molecular formula is C31H23ClN4O3S3. The van der Waals surface area contributed by atoms with Gasteiger partial charge in [-0.1, -0.05) is 54.1 Å². The molecule has 0 aliphatic carbocycles. The number of amides is 3. The normalized spacial score (nSPS) is 11.1. The molecule has 3 N–H and O–H groups in total. The van der Waals surface area contributed by atoms with Gasteiger partial charge in [0.2, 0.25) is 5.91 Å². The molecule has 0 aliphatic heterocycles. The van der Waals surface area contributed by atoms with E-state index in [9.17, 15) is 14.4 Å². The van der Waals surface area contributed by atoms with E-state index >= 15 is 0 Å². The van der Waals surface area contributed by atoms with Gasteiger partial charge in [-0.15, -0.1) is 34.4 Å². The standard InChI is InChI=1S/C31H23ClN4O3S3/c32-22-13-11-20(12-14-22)16-25(34-29(38)21-6-2-1-3-7-21)30(39)33-23-8-4-9-24(17-23)41-19-28(37)36-31-35-26(18-42-31)27-10-5-15-40-27/h1-18H,19H2,(H,33,39)(H,34,38)(H,35,36,37)/b25-16-. The summed E-state index contributed by atoms with van der Waals surface area (Å²) in [6, 6.07) is 26.7. The van der Waals surface area contributed by atoms with Gasteiger partial charge in [0.1, 0.15) is 5.70 Å². The van der Waals surface area contributed by atoms with Crippen LogP contribution in [0.1, 0.15) is 15.9 Å². The van der Waals surface area contributed by atoms with Crippen LogP contribution in [0.25, 0.3) is 16.6 Å². The molecule has 0 fully saturated rings. The van der Waals surface area contributed by atoms with Crippen molar-refractivity contribution < 1.29 is 14.4 Å². The summed E-state index contributed by atoms with van der Waals surface area (Å²) < 4.78 is 0. The second kappa shape index (κ2) is 14.1. The van der Waals surface area contributed by atoms with Gasteiger partial charge in [-0.2, -0.15) is 0 Å². The van der Waals surface area contributed by atoms with Crippen molar-refractivity contribution in [1.82, 2.24) is 10.3 Å². The van der Waals surface area contributed by atoms with Crippen LogP contribution >= 0.6 is 46.0 Å². The van der Waals surface area contributed by atoms with Gasteiger partial charge in [0.25, 0.3) is 11.8 Å². The Hall–Kier alpha value is -4.22. The molecule has 3 aromatic carbocycles. The fourth-order valence-electron chi connectivity index (χ4n) is 3.70. The van der Waals surface area contributed by atoms with Crippen molar-refractivity contribution in [3.8, 4) is 10.6 Å². The van der Waals surface area contributed by atoms with Crippen LogP contribution in [0.15, 0.2) is 112 Å². The highest BCUT2D eigenvalue weighted by Crippen LogP contribution is 2.29. The summed E-state index contributed by atoms with van der Waals surface area (Å²) in [5, 5.41) is 13.4. The maximum atomic E-state index is 13.3. The number of hydrogen-bond donors (Lipinski definition) is 3. The Labute approximate surface area is 259 Å². The van der Waals surface area contributed by atoms with E-state index in [1.807, 2.05) is 35.0 Å².